The molecule has 2 fully saturated rings. The van der Waals surface area contributed by atoms with Gasteiger partial charge in [0.25, 0.3) is 0 Å². The number of hydrogen-bond acceptors (Lipinski definition) is 5. The van der Waals surface area contributed by atoms with E-state index in [1.165, 1.54) is 12.1 Å². The van der Waals surface area contributed by atoms with Crippen LogP contribution in [-0.4, -0.2) is 71.8 Å². The van der Waals surface area contributed by atoms with Crippen LogP contribution in [0.3, 0.4) is 0 Å². The fourth-order valence-corrected chi connectivity index (χ4v) is 4.93. The van der Waals surface area contributed by atoms with Crippen molar-refractivity contribution in [2.75, 3.05) is 32.8 Å². The SMILES string of the molecule is CCCc1cc(C2CC(c3ccc(OC(F)(F)F)cc3)CN(C=O)C2N2CCOCC2)n[nH]1. The Labute approximate surface area is 190 Å². The van der Waals surface area contributed by atoms with Gasteiger partial charge < -0.3 is 14.4 Å². The predicted octanol–water partition coefficient (Wildman–Crippen LogP) is 3.65. The number of nitrogens with zero attached hydrogens (tertiary/aromatic N) is 3. The standard InChI is InChI=1S/C23H29F3N4O3/c1-2-3-18-13-21(28-27-18)20-12-17(16-4-6-19(7-5-16)33-23(24,25)26)14-30(15-31)22(20)29-8-10-32-11-9-29/h4-7,13,15,17,20,22H,2-3,8-12,14H2,1H3,(H,27,28). The van der Waals surface area contributed by atoms with Gasteiger partial charge in [0.1, 0.15) is 5.75 Å². The molecule has 180 valence electrons. The zero-order valence-electron chi connectivity index (χ0n) is 18.6. The molecule has 3 unspecified atom stereocenters. The van der Waals surface area contributed by atoms with Gasteiger partial charge in [0.05, 0.1) is 25.1 Å². The Hall–Kier alpha value is -2.59. The maximum atomic E-state index is 12.5. The highest BCUT2D eigenvalue weighted by molar-refractivity contribution is 5.49. The number of halogens is 3. The zero-order chi connectivity index (χ0) is 23.4. The van der Waals surface area contributed by atoms with Crippen LogP contribution in [0.1, 0.15) is 48.6 Å². The molecular formula is C23H29F3N4O3. The maximum Gasteiger partial charge on any atom is 0.573 e. The molecule has 2 saturated heterocycles. The van der Waals surface area contributed by atoms with Crippen LogP contribution in [0.15, 0.2) is 30.3 Å². The van der Waals surface area contributed by atoms with Gasteiger partial charge >= 0.3 is 6.36 Å². The number of benzene rings is 1. The number of hydrogen-bond donors (Lipinski definition) is 1. The minimum atomic E-state index is -4.73. The highest BCUT2D eigenvalue weighted by Crippen LogP contribution is 2.41. The van der Waals surface area contributed by atoms with Crippen LogP contribution < -0.4 is 4.74 Å². The smallest absolute Gasteiger partial charge is 0.406 e. The number of amides is 1. The number of morpholine rings is 1. The molecule has 1 amide bonds. The number of aromatic amines is 1. The number of nitrogens with one attached hydrogen (secondary N) is 1. The number of aromatic nitrogens is 2. The van der Waals surface area contributed by atoms with E-state index >= 15 is 0 Å². The first-order chi connectivity index (χ1) is 15.9. The van der Waals surface area contributed by atoms with E-state index in [9.17, 15) is 18.0 Å². The molecule has 3 atom stereocenters. The highest BCUT2D eigenvalue weighted by atomic mass is 19.4. The number of rotatable bonds is 7. The van der Waals surface area contributed by atoms with Crippen LogP contribution in [0.4, 0.5) is 13.2 Å². The molecule has 1 N–H and O–H groups in total. The van der Waals surface area contributed by atoms with Crippen LogP contribution in [0.25, 0.3) is 0 Å². The van der Waals surface area contributed by atoms with E-state index in [0.717, 1.165) is 55.7 Å². The molecule has 0 saturated carbocycles. The van der Waals surface area contributed by atoms with Gasteiger partial charge in [-0.3, -0.25) is 14.8 Å². The van der Waals surface area contributed by atoms with E-state index in [1.807, 2.05) is 0 Å². The Kier molecular flexibility index (Phi) is 7.23. The summed E-state index contributed by atoms with van der Waals surface area (Å²) in [5.74, 6) is -0.336. The van der Waals surface area contributed by atoms with E-state index in [4.69, 9.17) is 4.74 Å². The Bertz CT molecular complexity index is 912. The summed E-state index contributed by atoms with van der Waals surface area (Å²) in [6.07, 6.45) is -1.39. The fraction of sp³-hybridized carbons (Fsp3) is 0.565. The van der Waals surface area contributed by atoms with E-state index in [1.54, 1.807) is 17.0 Å². The molecule has 0 bridgehead atoms. The Morgan fingerprint density at radius 1 is 1.24 bits per heavy atom. The number of aryl methyl sites for hydroxylation is 1. The molecule has 4 rings (SSSR count). The molecule has 7 nitrogen and oxygen atoms in total. The van der Waals surface area contributed by atoms with Crippen molar-refractivity contribution in [3.05, 3.63) is 47.3 Å². The summed E-state index contributed by atoms with van der Waals surface area (Å²) in [5.41, 5.74) is 2.83. The van der Waals surface area contributed by atoms with Gasteiger partial charge in [0, 0.05) is 37.2 Å². The third-order valence-electron chi connectivity index (χ3n) is 6.36. The lowest BCUT2D eigenvalue weighted by Gasteiger charge is -2.48. The predicted molar refractivity (Wildman–Crippen MR) is 115 cm³/mol. The highest BCUT2D eigenvalue weighted by Gasteiger charge is 2.42. The monoisotopic (exact) mass is 466 g/mol. The van der Waals surface area contributed by atoms with Crippen LogP contribution >= 0.6 is 0 Å². The van der Waals surface area contributed by atoms with Crippen LogP contribution in [0.2, 0.25) is 0 Å². The molecule has 2 aromatic rings. The molecule has 3 heterocycles. The lowest BCUT2D eigenvalue weighted by atomic mass is 9.80. The molecule has 10 heteroatoms. The lowest BCUT2D eigenvalue weighted by molar-refractivity contribution is -0.274. The maximum absolute atomic E-state index is 12.5. The van der Waals surface area contributed by atoms with Gasteiger partial charge in [-0.2, -0.15) is 5.10 Å². The number of carbonyl (C=O) groups excluding carboxylic acids is 1. The Morgan fingerprint density at radius 2 is 1.97 bits per heavy atom. The number of likely N-dealkylation sites (tertiary alicyclic amines) is 1. The first kappa shape index (κ1) is 23.6. The summed E-state index contributed by atoms with van der Waals surface area (Å²) in [5, 5.41) is 7.71. The van der Waals surface area contributed by atoms with Crippen molar-refractivity contribution >= 4 is 6.41 Å². The van der Waals surface area contributed by atoms with Crippen molar-refractivity contribution in [2.45, 2.75) is 50.6 Å². The summed E-state index contributed by atoms with van der Waals surface area (Å²) >= 11 is 0. The summed E-state index contributed by atoms with van der Waals surface area (Å²) in [6, 6.07) is 8.02. The van der Waals surface area contributed by atoms with Gasteiger partial charge in [0.15, 0.2) is 0 Å². The first-order valence-electron chi connectivity index (χ1n) is 11.3. The van der Waals surface area contributed by atoms with Crippen molar-refractivity contribution in [1.82, 2.24) is 20.0 Å². The minimum Gasteiger partial charge on any atom is -0.406 e. The summed E-state index contributed by atoms with van der Waals surface area (Å²) in [6.45, 7) is 5.27. The molecule has 2 aliphatic heterocycles. The largest absolute Gasteiger partial charge is 0.573 e. The van der Waals surface area contributed by atoms with Crippen molar-refractivity contribution in [3.8, 4) is 5.75 Å². The third-order valence-corrected chi connectivity index (χ3v) is 6.36. The third kappa shape index (κ3) is 5.67. The average Bonchev–Trinajstić information content (AvgIpc) is 3.27. The molecule has 0 aliphatic carbocycles. The number of H-pyrrole nitrogens is 1. The minimum absolute atomic E-state index is 0.0382. The summed E-state index contributed by atoms with van der Waals surface area (Å²) in [4.78, 5) is 16.3. The average molecular weight is 467 g/mol. The number of piperidine rings is 1. The Balaban J connectivity index is 1.61. The Morgan fingerprint density at radius 3 is 2.61 bits per heavy atom. The van der Waals surface area contributed by atoms with Gasteiger partial charge in [-0.25, -0.2) is 0 Å². The second kappa shape index (κ2) is 10.1. The summed E-state index contributed by atoms with van der Waals surface area (Å²) < 4.78 is 47.1. The molecular weight excluding hydrogens is 437 g/mol. The number of carbonyl (C=O) groups is 1. The molecule has 0 radical (unpaired) electrons. The van der Waals surface area contributed by atoms with E-state index in [0.29, 0.717) is 19.8 Å². The van der Waals surface area contributed by atoms with Gasteiger partial charge in [-0.05, 0) is 36.6 Å². The van der Waals surface area contributed by atoms with Crippen molar-refractivity contribution < 1.29 is 27.4 Å². The normalized spacial score (nSPS) is 24.6. The van der Waals surface area contributed by atoms with E-state index < -0.39 is 6.36 Å². The molecule has 2 aliphatic rings. The number of ether oxygens (including phenoxy) is 2. The molecule has 0 spiro atoms. The quantitative estimate of drug-likeness (QED) is 0.631. The molecule has 33 heavy (non-hydrogen) atoms. The second-order valence-electron chi connectivity index (χ2n) is 8.59. The van der Waals surface area contributed by atoms with Crippen LogP contribution in [0, 0.1) is 0 Å². The van der Waals surface area contributed by atoms with Crippen molar-refractivity contribution in [1.29, 1.82) is 0 Å². The van der Waals surface area contributed by atoms with Crippen molar-refractivity contribution in [3.63, 3.8) is 0 Å². The molecule has 1 aromatic carbocycles. The van der Waals surface area contributed by atoms with Gasteiger partial charge in [-0.1, -0.05) is 25.5 Å². The van der Waals surface area contributed by atoms with Gasteiger partial charge in [-0.15, -0.1) is 13.2 Å². The van der Waals surface area contributed by atoms with Crippen LogP contribution in [-0.2, 0) is 16.0 Å². The van der Waals surface area contributed by atoms with Crippen molar-refractivity contribution in [2.24, 2.45) is 0 Å². The summed E-state index contributed by atoms with van der Waals surface area (Å²) in [7, 11) is 0. The lowest BCUT2D eigenvalue weighted by Crippen LogP contribution is -2.58. The van der Waals surface area contributed by atoms with Gasteiger partial charge in [0.2, 0.25) is 6.41 Å². The topological polar surface area (TPSA) is 70.7 Å². The molecule has 1 aromatic heterocycles. The fourth-order valence-electron chi connectivity index (χ4n) is 4.93. The second-order valence-corrected chi connectivity index (χ2v) is 8.59. The van der Waals surface area contributed by atoms with Crippen LogP contribution in [0.5, 0.6) is 5.75 Å². The zero-order valence-corrected chi connectivity index (χ0v) is 18.6. The van der Waals surface area contributed by atoms with E-state index in [-0.39, 0.29) is 23.8 Å². The van der Waals surface area contributed by atoms with E-state index in [2.05, 4.69) is 32.8 Å². The number of alkyl halides is 3. The first-order valence-corrected chi connectivity index (χ1v) is 11.3.